The normalized spacial score (nSPS) is 19.1. The number of hydrogen-bond acceptors (Lipinski definition) is 6. The van der Waals surface area contributed by atoms with Crippen molar-refractivity contribution in [2.45, 2.75) is 42.7 Å². The minimum atomic E-state index is -4.03. The van der Waals surface area contributed by atoms with Gasteiger partial charge >= 0.3 is 5.97 Å². The first-order valence-corrected chi connectivity index (χ1v) is 13.1. The summed E-state index contributed by atoms with van der Waals surface area (Å²) >= 11 is 5.98. The van der Waals surface area contributed by atoms with E-state index in [0.717, 1.165) is 15.4 Å². The quantitative estimate of drug-likeness (QED) is 0.459. The Hall–Kier alpha value is -3.34. The Balaban J connectivity index is 1.52. The van der Waals surface area contributed by atoms with Gasteiger partial charge in [-0.15, -0.1) is 0 Å². The van der Waals surface area contributed by atoms with Gasteiger partial charge in [0.1, 0.15) is 17.9 Å². The number of carboxylic acids is 1. The van der Waals surface area contributed by atoms with Crippen LogP contribution in [0.5, 0.6) is 0 Å². The van der Waals surface area contributed by atoms with E-state index in [9.17, 15) is 23.1 Å². The van der Waals surface area contributed by atoms with Crippen LogP contribution in [0.25, 0.3) is 11.1 Å². The zero-order chi connectivity index (χ0) is 25.9. The summed E-state index contributed by atoms with van der Waals surface area (Å²) in [6.07, 6.45) is 5.54. The molecule has 0 spiro atoms. The molecule has 188 valence electrons. The molecule has 11 heteroatoms. The molecule has 1 aliphatic rings. The Morgan fingerprint density at radius 1 is 1.14 bits per heavy atom. The molecule has 0 saturated carbocycles. The van der Waals surface area contributed by atoms with Gasteiger partial charge in [0.15, 0.2) is 0 Å². The fourth-order valence-electron chi connectivity index (χ4n) is 4.34. The average Bonchev–Trinajstić information content (AvgIpc) is 3.28. The third-order valence-electron chi connectivity index (χ3n) is 6.34. The molecule has 0 bridgehead atoms. The summed E-state index contributed by atoms with van der Waals surface area (Å²) in [7, 11) is -4.03. The molecular formula is C25H25ClN4O5S. The molecule has 2 N–H and O–H groups in total. The van der Waals surface area contributed by atoms with Crippen molar-refractivity contribution in [3.63, 3.8) is 0 Å². The molecule has 36 heavy (non-hydrogen) atoms. The van der Waals surface area contributed by atoms with Gasteiger partial charge < -0.3 is 10.4 Å². The van der Waals surface area contributed by atoms with Crippen molar-refractivity contribution in [3.8, 4) is 11.1 Å². The summed E-state index contributed by atoms with van der Waals surface area (Å²) in [6.45, 7) is 1.66. The standard InChI is InChI=1S/C25H25ClN4O5S/c1-25(10-3-11-30(25)36(34,35)21-5-2-4-20(26)13-21)24(33)29-22(23(31)32)12-17-6-8-18(9-7-17)19-14-27-16-28-15-19/h2,4-9,13-16,22H,3,10-12H2,1H3,(H,29,33)(H,31,32)/t22?,25-/m0/s1. The number of aliphatic carboxylic acids is 1. The maximum atomic E-state index is 13.3. The highest BCUT2D eigenvalue weighted by molar-refractivity contribution is 7.89. The second-order valence-electron chi connectivity index (χ2n) is 8.80. The molecule has 1 fully saturated rings. The maximum Gasteiger partial charge on any atom is 0.326 e. The lowest BCUT2D eigenvalue weighted by Gasteiger charge is -2.34. The number of benzene rings is 2. The molecule has 0 aliphatic carbocycles. The molecule has 3 aromatic rings. The number of sulfonamides is 1. The molecule has 4 rings (SSSR count). The second kappa shape index (κ2) is 10.3. The van der Waals surface area contributed by atoms with Crippen LogP contribution >= 0.6 is 11.6 Å². The van der Waals surface area contributed by atoms with Gasteiger partial charge in [0.25, 0.3) is 0 Å². The Kier molecular flexibility index (Phi) is 7.39. The summed E-state index contributed by atoms with van der Waals surface area (Å²) in [4.78, 5) is 33.3. The molecular weight excluding hydrogens is 504 g/mol. The number of halogens is 1. The summed E-state index contributed by atoms with van der Waals surface area (Å²) in [5, 5.41) is 12.6. The van der Waals surface area contributed by atoms with E-state index in [4.69, 9.17) is 11.6 Å². The van der Waals surface area contributed by atoms with Gasteiger partial charge in [0.2, 0.25) is 15.9 Å². The molecule has 1 aromatic heterocycles. The minimum Gasteiger partial charge on any atom is -0.480 e. The minimum absolute atomic E-state index is 0.0189. The molecule has 1 saturated heterocycles. The number of nitrogens with zero attached hydrogens (tertiary/aromatic N) is 3. The first-order valence-electron chi connectivity index (χ1n) is 11.3. The van der Waals surface area contributed by atoms with Crippen LogP contribution in [-0.2, 0) is 26.0 Å². The molecule has 0 radical (unpaired) electrons. The van der Waals surface area contributed by atoms with Crippen molar-refractivity contribution in [2.24, 2.45) is 0 Å². The second-order valence-corrected chi connectivity index (χ2v) is 11.1. The lowest BCUT2D eigenvalue weighted by molar-refractivity contribution is -0.143. The maximum absolute atomic E-state index is 13.3. The summed E-state index contributed by atoms with van der Waals surface area (Å²) in [6, 6.07) is 11.8. The topological polar surface area (TPSA) is 130 Å². The molecule has 2 atom stereocenters. The van der Waals surface area contributed by atoms with Crippen LogP contribution in [0.2, 0.25) is 5.02 Å². The number of rotatable bonds is 8. The fraction of sp³-hybridized carbons (Fsp3) is 0.280. The number of aromatic nitrogens is 2. The van der Waals surface area contributed by atoms with E-state index < -0.39 is 33.5 Å². The van der Waals surface area contributed by atoms with E-state index in [1.807, 2.05) is 12.1 Å². The molecule has 1 aliphatic heterocycles. The highest BCUT2D eigenvalue weighted by Crippen LogP contribution is 2.35. The average molecular weight is 529 g/mol. The summed E-state index contributed by atoms with van der Waals surface area (Å²) in [5.74, 6) is -1.87. The van der Waals surface area contributed by atoms with Crippen LogP contribution in [-0.4, -0.2) is 57.8 Å². The molecule has 2 heterocycles. The highest BCUT2D eigenvalue weighted by Gasteiger charge is 2.50. The van der Waals surface area contributed by atoms with Gasteiger partial charge in [-0.05, 0) is 49.1 Å². The largest absolute Gasteiger partial charge is 0.480 e. The van der Waals surface area contributed by atoms with Crippen LogP contribution < -0.4 is 5.32 Å². The Bertz CT molecular complexity index is 1370. The van der Waals surface area contributed by atoms with Gasteiger partial charge in [-0.2, -0.15) is 4.31 Å². The number of amides is 1. The van der Waals surface area contributed by atoms with E-state index in [-0.39, 0.29) is 29.3 Å². The SMILES string of the molecule is C[C@@]1(C(=O)NC(Cc2ccc(-c3cncnc3)cc2)C(=O)O)CCCN1S(=O)(=O)c1cccc(Cl)c1. The Morgan fingerprint density at radius 2 is 1.83 bits per heavy atom. The van der Waals surface area contributed by atoms with Crippen molar-refractivity contribution < 1.29 is 23.1 Å². The highest BCUT2D eigenvalue weighted by atomic mass is 35.5. The molecule has 9 nitrogen and oxygen atoms in total. The number of carbonyl (C=O) groups excluding carboxylic acids is 1. The number of carbonyl (C=O) groups is 2. The summed E-state index contributed by atoms with van der Waals surface area (Å²) in [5.41, 5.74) is 0.951. The third kappa shape index (κ3) is 5.25. The van der Waals surface area contributed by atoms with Crippen LogP contribution in [0.3, 0.4) is 0 Å². The third-order valence-corrected chi connectivity index (χ3v) is 8.59. The zero-order valence-electron chi connectivity index (χ0n) is 19.5. The van der Waals surface area contributed by atoms with Crippen molar-refractivity contribution in [3.05, 3.63) is 77.8 Å². The van der Waals surface area contributed by atoms with E-state index in [2.05, 4.69) is 15.3 Å². The Morgan fingerprint density at radius 3 is 2.47 bits per heavy atom. The predicted molar refractivity (Wildman–Crippen MR) is 134 cm³/mol. The van der Waals surface area contributed by atoms with Gasteiger partial charge in [0, 0.05) is 35.9 Å². The van der Waals surface area contributed by atoms with Gasteiger partial charge in [-0.1, -0.05) is 41.9 Å². The van der Waals surface area contributed by atoms with Crippen molar-refractivity contribution in [1.82, 2.24) is 19.6 Å². The van der Waals surface area contributed by atoms with E-state index in [0.29, 0.717) is 12.0 Å². The van der Waals surface area contributed by atoms with Crippen LogP contribution in [0, 0.1) is 0 Å². The zero-order valence-corrected chi connectivity index (χ0v) is 21.0. The van der Waals surface area contributed by atoms with Crippen LogP contribution in [0.15, 0.2) is 72.1 Å². The molecule has 1 amide bonds. The van der Waals surface area contributed by atoms with E-state index in [1.54, 1.807) is 30.6 Å². The van der Waals surface area contributed by atoms with Crippen molar-refractivity contribution in [1.29, 1.82) is 0 Å². The smallest absolute Gasteiger partial charge is 0.326 e. The van der Waals surface area contributed by atoms with E-state index in [1.165, 1.54) is 31.5 Å². The van der Waals surface area contributed by atoms with Crippen LogP contribution in [0.4, 0.5) is 0 Å². The predicted octanol–water partition coefficient (Wildman–Crippen LogP) is 3.15. The lowest BCUT2D eigenvalue weighted by Crippen LogP contribution is -2.58. The van der Waals surface area contributed by atoms with Gasteiger partial charge in [-0.25, -0.2) is 23.2 Å². The monoisotopic (exact) mass is 528 g/mol. The fourth-order valence-corrected chi connectivity index (χ4v) is 6.45. The molecule has 2 aromatic carbocycles. The first kappa shape index (κ1) is 25.7. The van der Waals surface area contributed by atoms with Gasteiger partial charge in [-0.3, -0.25) is 4.79 Å². The van der Waals surface area contributed by atoms with Gasteiger partial charge in [0.05, 0.1) is 4.90 Å². The van der Waals surface area contributed by atoms with E-state index >= 15 is 0 Å². The first-order chi connectivity index (χ1) is 17.1. The molecule has 1 unspecified atom stereocenters. The van der Waals surface area contributed by atoms with Crippen LogP contribution in [0.1, 0.15) is 25.3 Å². The number of hydrogen-bond donors (Lipinski definition) is 2. The number of nitrogens with one attached hydrogen (secondary N) is 1. The summed E-state index contributed by atoms with van der Waals surface area (Å²) < 4.78 is 27.8. The number of carboxylic acid groups (broad SMARTS) is 1. The lowest BCUT2D eigenvalue weighted by atomic mass is 9.97. The van der Waals surface area contributed by atoms with Crippen molar-refractivity contribution >= 4 is 33.5 Å². The van der Waals surface area contributed by atoms with Crippen molar-refractivity contribution in [2.75, 3.05) is 6.54 Å². The Labute approximate surface area is 214 Å².